The van der Waals surface area contributed by atoms with E-state index in [-0.39, 0.29) is 11.6 Å². The maximum absolute atomic E-state index is 2.51. The molecule has 4 rings (SSSR count). The first-order chi connectivity index (χ1) is 14.6. The predicted octanol–water partition coefficient (Wildman–Crippen LogP) is 7.25. The van der Waals surface area contributed by atoms with Crippen molar-refractivity contribution in [3.05, 3.63) is 93.5 Å². The van der Waals surface area contributed by atoms with Crippen molar-refractivity contribution in [2.75, 3.05) is 4.90 Å². The molecule has 0 N–H and O–H groups in total. The Kier molecular flexibility index (Phi) is 5.29. The fourth-order valence-corrected chi connectivity index (χ4v) is 5.68. The number of anilines is 1. The average molecular weight is 412 g/mol. The lowest BCUT2D eigenvalue weighted by Gasteiger charge is -2.32. The molecule has 0 spiro atoms. The second-order valence-corrected chi connectivity index (χ2v) is 9.85. The quantitative estimate of drug-likeness (QED) is 0.411. The Morgan fingerprint density at radius 2 is 1.19 bits per heavy atom. The normalized spacial score (nSPS) is 17.7. The molecule has 3 aromatic rings. The van der Waals surface area contributed by atoms with Crippen LogP contribution in [0.1, 0.15) is 58.8 Å². The second-order valence-electron chi connectivity index (χ2n) is 9.85. The maximum atomic E-state index is 2.51. The van der Waals surface area contributed by atoms with E-state index in [1.807, 2.05) is 0 Å². The summed E-state index contributed by atoms with van der Waals surface area (Å²) in [5, 5.41) is 0. The summed E-state index contributed by atoms with van der Waals surface area (Å²) in [4.78, 5) is 2.51. The van der Waals surface area contributed by atoms with Crippen LogP contribution in [-0.4, -0.2) is 16.5 Å². The molecule has 0 saturated carbocycles. The van der Waals surface area contributed by atoms with Crippen molar-refractivity contribution in [1.82, 2.24) is 0 Å². The molecule has 0 aromatic heterocycles. The van der Waals surface area contributed by atoms with Gasteiger partial charge in [0.05, 0.1) is 0 Å². The smallest absolute Gasteiger partial charge is 0.224 e. The molecule has 0 fully saturated rings. The number of hydrogen-bond acceptors (Lipinski definition) is 1. The summed E-state index contributed by atoms with van der Waals surface area (Å²) in [7, 11) is 0. The first kappa shape index (κ1) is 21.4. The van der Waals surface area contributed by atoms with Gasteiger partial charge in [0.25, 0.3) is 0 Å². The molecule has 0 aliphatic carbocycles. The third-order valence-corrected chi connectivity index (χ3v) is 6.69. The van der Waals surface area contributed by atoms with Gasteiger partial charge in [-0.2, -0.15) is 0 Å². The largest absolute Gasteiger partial charge is 0.245 e. The number of benzene rings is 3. The van der Waals surface area contributed by atoms with E-state index >= 15 is 0 Å². The van der Waals surface area contributed by atoms with Gasteiger partial charge in [0.1, 0.15) is 11.4 Å². The van der Waals surface area contributed by atoms with Gasteiger partial charge >= 0.3 is 0 Å². The Morgan fingerprint density at radius 1 is 0.710 bits per heavy atom. The predicted molar refractivity (Wildman–Crippen MR) is 133 cm³/mol. The van der Waals surface area contributed by atoms with Gasteiger partial charge in [-0.15, -0.1) is 0 Å². The van der Waals surface area contributed by atoms with Crippen LogP contribution < -0.4 is 4.90 Å². The van der Waals surface area contributed by atoms with Gasteiger partial charge in [-0.05, 0) is 77.6 Å². The molecule has 1 heterocycles. The van der Waals surface area contributed by atoms with Crippen LogP contribution in [0.5, 0.6) is 0 Å². The van der Waals surface area contributed by atoms with E-state index in [1.165, 1.54) is 50.3 Å². The van der Waals surface area contributed by atoms with Gasteiger partial charge in [-0.3, -0.25) is 0 Å². The van der Waals surface area contributed by atoms with Crippen LogP contribution in [0.3, 0.4) is 0 Å². The summed E-state index contributed by atoms with van der Waals surface area (Å²) in [6.07, 6.45) is 2.35. The molecule has 2 heteroatoms. The molecule has 1 aliphatic heterocycles. The molecular weight excluding hydrogens is 376 g/mol. The zero-order valence-corrected chi connectivity index (χ0v) is 20.2. The first-order valence-electron chi connectivity index (χ1n) is 11.2. The van der Waals surface area contributed by atoms with Crippen molar-refractivity contribution in [3.8, 4) is 0 Å². The third kappa shape index (κ3) is 3.59. The molecule has 1 aliphatic rings. The van der Waals surface area contributed by atoms with Crippen LogP contribution in [0.4, 0.5) is 11.4 Å². The van der Waals surface area contributed by atoms with E-state index < -0.39 is 0 Å². The van der Waals surface area contributed by atoms with E-state index in [2.05, 4.69) is 126 Å². The van der Waals surface area contributed by atoms with Crippen molar-refractivity contribution in [2.45, 2.75) is 67.0 Å². The number of hydrogen-bond donors (Lipinski definition) is 0. The van der Waals surface area contributed by atoms with E-state index in [9.17, 15) is 0 Å². The fourth-order valence-electron chi connectivity index (χ4n) is 5.68. The molecule has 160 valence electrons. The van der Waals surface area contributed by atoms with Gasteiger partial charge < -0.3 is 0 Å². The molecule has 1 atom stereocenters. The zero-order valence-electron chi connectivity index (χ0n) is 20.2. The summed E-state index contributed by atoms with van der Waals surface area (Å²) in [6.45, 7) is 18.1. The second kappa shape index (κ2) is 7.67. The minimum absolute atomic E-state index is 0.129. The van der Waals surface area contributed by atoms with E-state index in [0.29, 0.717) is 0 Å². The van der Waals surface area contributed by atoms with Gasteiger partial charge in [-0.25, -0.2) is 9.48 Å². The van der Waals surface area contributed by atoms with Gasteiger partial charge in [0.15, 0.2) is 11.6 Å². The van der Waals surface area contributed by atoms with Crippen molar-refractivity contribution >= 4 is 17.7 Å². The van der Waals surface area contributed by atoms with Gasteiger partial charge in [0, 0.05) is 5.56 Å². The Hall–Kier alpha value is -2.87. The van der Waals surface area contributed by atoms with Crippen molar-refractivity contribution < 1.29 is 4.58 Å². The molecule has 31 heavy (non-hydrogen) atoms. The van der Waals surface area contributed by atoms with Gasteiger partial charge in [-0.1, -0.05) is 65.7 Å². The molecule has 3 aromatic carbocycles. The highest BCUT2D eigenvalue weighted by Crippen LogP contribution is 2.46. The monoisotopic (exact) mass is 411 g/mol. The standard InChI is InChI=1S/C29H35N2/c1-19-14-21(3)26(22(4)15-19)30-18-31(27-23(5)16-20(2)17-24(27)6)29(7,8)28(30)25-12-10-9-11-13-25/h9-18,28H,1-8H3/q+1/t28-/m1/s1. The van der Waals surface area contributed by atoms with Crippen LogP contribution >= 0.6 is 0 Å². The van der Waals surface area contributed by atoms with Crippen LogP contribution in [0.15, 0.2) is 54.6 Å². The Balaban J connectivity index is 2.00. The van der Waals surface area contributed by atoms with E-state index in [0.717, 1.165) is 0 Å². The minimum Gasteiger partial charge on any atom is -0.224 e. The fraction of sp³-hybridized carbons (Fsp3) is 0.345. The summed E-state index contributed by atoms with van der Waals surface area (Å²) < 4.78 is 2.51. The minimum atomic E-state index is -0.129. The van der Waals surface area contributed by atoms with E-state index in [1.54, 1.807) is 0 Å². The molecule has 0 unspecified atom stereocenters. The average Bonchev–Trinajstić information content (AvgIpc) is 2.91. The van der Waals surface area contributed by atoms with Gasteiger partial charge in [0.2, 0.25) is 6.34 Å². The Morgan fingerprint density at radius 3 is 1.71 bits per heavy atom. The van der Waals surface area contributed by atoms with Crippen molar-refractivity contribution in [2.24, 2.45) is 0 Å². The summed E-state index contributed by atoms with van der Waals surface area (Å²) in [5.74, 6) is 0. The lowest BCUT2D eigenvalue weighted by molar-refractivity contribution is -0.487. The van der Waals surface area contributed by atoms with Crippen LogP contribution in [0.2, 0.25) is 0 Å². The topological polar surface area (TPSA) is 6.25 Å². The highest BCUT2D eigenvalue weighted by Gasteiger charge is 2.52. The first-order valence-corrected chi connectivity index (χ1v) is 11.2. The molecule has 2 nitrogen and oxygen atoms in total. The van der Waals surface area contributed by atoms with Crippen LogP contribution in [-0.2, 0) is 0 Å². The Labute approximate surface area is 187 Å². The highest BCUT2D eigenvalue weighted by molar-refractivity contribution is 5.84. The van der Waals surface area contributed by atoms with Crippen molar-refractivity contribution in [3.63, 3.8) is 0 Å². The molecule has 0 radical (unpaired) electrons. The molecule has 0 amide bonds. The summed E-state index contributed by atoms with van der Waals surface area (Å²) >= 11 is 0. The summed E-state index contributed by atoms with van der Waals surface area (Å²) in [6, 6.07) is 20.4. The van der Waals surface area contributed by atoms with Crippen LogP contribution in [0.25, 0.3) is 0 Å². The number of aryl methyl sites for hydroxylation is 6. The lowest BCUT2D eigenvalue weighted by Crippen LogP contribution is -2.44. The summed E-state index contributed by atoms with van der Waals surface area (Å²) in [5.41, 5.74) is 11.8. The molecule has 0 saturated heterocycles. The number of nitrogens with zero attached hydrogens (tertiary/aromatic N) is 2. The maximum Gasteiger partial charge on any atom is 0.245 e. The molecule has 0 bridgehead atoms. The van der Waals surface area contributed by atoms with E-state index in [4.69, 9.17) is 0 Å². The SMILES string of the molecule is Cc1cc(C)c(N2C=[N+](c3c(C)cc(C)cc3C)[C@H](c3ccccc3)C2(C)C)c(C)c1. The zero-order chi connectivity index (χ0) is 22.5. The Bertz CT molecular complexity index is 1120. The van der Waals surface area contributed by atoms with Crippen molar-refractivity contribution in [1.29, 1.82) is 0 Å². The molecular formula is C29H35N2+. The number of rotatable bonds is 3. The van der Waals surface area contributed by atoms with Crippen LogP contribution in [0, 0.1) is 41.5 Å². The lowest BCUT2D eigenvalue weighted by atomic mass is 9.86. The third-order valence-electron chi connectivity index (χ3n) is 6.69. The highest BCUT2D eigenvalue weighted by atomic mass is 15.4.